The van der Waals surface area contributed by atoms with Gasteiger partial charge in [-0.2, -0.15) is 0 Å². The third-order valence-electron chi connectivity index (χ3n) is 4.78. The molecule has 1 N–H and O–H groups in total. The Balaban J connectivity index is 1.66. The van der Waals surface area contributed by atoms with Crippen LogP contribution < -0.4 is 10.1 Å². The highest BCUT2D eigenvalue weighted by Crippen LogP contribution is 2.26. The number of carbonyl (C=O) groups excluding carboxylic acids is 1. The minimum absolute atomic E-state index is 0.0450. The van der Waals surface area contributed by atoms with Crippen LogP contribution in [0.25, 0.3) is 11.0 Å². The van der Waals surface area contributed by atoms with Gasteiger partial charge < -0.3 is 19.4 Å². The van der Waals surface area contributed by atoms with Crippen molar-refractivity contribution < 1.29 is 14.3 Å². The molecule has 0 aliphatic heterocycles. The summed E-state index contributed by atoms with van der Waals surface area (Å²) in [5, 5.41) is 2.86. The maximum absolute atomic E-state index is 11.8. The number of aryl methyl sites for hydroxylation is 1. The summed E-state index contributed by atoms with van der Waals surface area (Å²) in [4.78, 5) is 16.4. The molecule has 0 aliphatic rings. The van der Waals surface area contributed by atoms with E-state index in [0.717, 1.165) is 35.6 Å². The van der Waals surface area contributed by atoms with Gasteiger partial charge in [-0.1, -0.05) is 44.2 Å². The van der Waals surface area contributed by atoms with Crippen LogP contribution in [0.4, 0.5) is 0 Å². The minimum atomic E-state index is -0.153. The number of carbonyl (C=O) groups is 1. The molecule has 1 amide bonds. The number of amides is 1. The molecule has 0 atom stereocenters. The first-order valence-electron chi connectivity index (χ1n) is 10.0. The van der Waals surface area contributed by atoms with Crippen molar-refractivity contribution in [1.82, 2.24) is 14.9 Å². The van der Waals surface area contributed by atoms with Gasteiger partial charge in [0, 0.05) is 13.7 Å². The zero-order valence-corrected chi connectivity index (χ0v) is 17.4. The van der Waals surface area contributed by atoms with Crippen LogP contribution in [0, 0.1) is 0 Å². The number of nitrogens with zero attached hydrogens (tertiary/aromatic N) is 2. The van der Waals surface area contributed by atoms with Gasteiger partial charge in [0.1, 0.15) is 18.2 Å². The van der Waals surface area contributed by atoms with Crippen LogP contribution in [0.1, 0.15) is 37.6 Å². The Morgan fingerprint density at radius 3 is 2.69 bits per heavy atom. The van der Waals surface area contributed by atoms with E-state index in [1.807, 2.05) is 36.4 Å². The molecular weight excluding hydrogens is 366 g/mol. The number of nitrogens with one attached hydrogen (secondary N) is 1. The summed E-state index contributed by atoms with van der Waals surface area (Å²) in [7, 11) is 1.51. The van der Waals surface area contributed by atoms with Gasteiger partial charge in [-0.25, -0.2) is 4.98 Å². The summed E-state index contributed by atoms with van der Waals surface area (Å²) in [5.41, 5.74) is 3.21. The predicted molar refractivity (Wildman–Crippen MR) is 114 cm³/mol. The Hall–Kier alpha value is -2.86. The van der Waals surface area contributed by atoms with E-state index >= 15 is 0 Å². The molecule has 2 aromatic carbocycles. The minimum Gasteiger partial charge on any atom is -0.493 e. The molecule has 0 bridgehead atoms. The lowest BCUT2D eigenvalue weighted by atomic mass is 10.0. The van der Waals surface area contributed by atoms with Gasteiger partial charge in [0.25, 0.3) is 0 Å². The van der Waals surface area contributed by atoms with Gasteiger partial charge in [-0.3, -0.25) is 4.79 Å². The van der Waals surface area contributed by atoms with Crippen molar-refractivity contribution in [1.29, 1.82) is 0 Å². The Labute approximate surface area is 171 Å². The summed E-state index contributed by atoms with van der Waals surface area (Å²) < 4.78 is 13.1. The third-order valence-corrected chi connectivity index (χ3v) is 4.78. The van der Waals surface area contributed by atoms with Gasteiger partial charge >= 0.3 is 0 Å². The predicted octanol–water partition coefficient (Wildman–Crippen LogP) is 3.89. The lowest BCUT2D eigenvalue weighted by Crippen LogP contribution is -2.28. The molecular formula is C23H29N3O3. The van der Waals surface area contributed by atoms with Gasteiger partial charge in [0.15, 0.2) is 0 Å². The SMILES string of the molecule is COCC(=O)NCc1nc2ccccc2n1CCCOc1ccccc1C(C)C. The molecule has 0 saturated carbocycles. The number of methoxy groups -OCH3 is 1. The Bertz CT molecular complexity index is 949. The van der Waals surface area contributed by atoms with Crippen LogP contribution in [-0.2, 0) is 22.6 Å². The fraction of sp³-hybridized carbons (Fsp3) is 0.391. The topological polar surface area (TPSA) is 65.4 Å². The number of ether oxygens (including phenoxy) is 2. The van der Waals surface area contributed by atoms with Crippen molar-refractivity contribution in [2.75, 3.05) is 20.3 Å². The Kier molecular flexibility index (Phi) is 7.25. The molecule has 0 radical (unpaired) electrons. The molecule has 6 nitrogen and oxygen atoms in total. The van der Waals surface area contributed by atoms with Crippen LogP contribution in [0.2, 0.25) is 0 Å². The van der Waals surface area contributed by atoms with Crippen molar-refractivity contribution in [3.63, 3.8) is 0 Å². The van der Waals surface area contributed by atoms with Crippen LogP contribution in [0.5, 0.6) is 5.75 Å². The Morgan fingerprint density at radius 1 is 1.14 bits per heavy atom. The summed E-state index contributed by atoms with van der Waals surface area (Å²) in [6, 6.07) is 16.2. The summed E-state index contributed by atoms with van der Waals surface area (Å²) in [5.74, 6) is 2.05. The van der Waals surface area contributed by atoms with E-state index in [-0.39, 0.29) is 12.5 Å². The second-order valence-electron chi connectivity index (χ2n) is 7.27. The number of fused-ring (bicyclic) bond motifs is 1. The average Bonchev–Trinajstić information content (AvgIpc) is 3.07. The first-order chi connectivity index (χ1) is 14.1. The zero-order valence-electron chi connectivity index (χ0n) is 17.4. The fourth-order valence-electron chi connectivity index (χ4n) is 3.36. The first-order valence-corrected chi connectivity index (χ1v) is 10.0. The molecule has 1 aromatic heterocycles. The van der Waals surface area contributed by atoms with Crippen molar-refractivity contribution >= 4 is 16.9 Å². The van der Waals surface area contributed by atoms with Gasteiger partial charge in [-0.05, 0) is 36.1 Å². The van der Waals surface area contributed by atoms with Crippen molar-refractivity contribution in [3.8, 4) is 5.75 Å². The van der Waals surface area contributed by atoms with E-state index < -0.39 is 0 Å². The number of benzene rings is 2. The highest BCUT2D eigenvalue weighted by molar-refractivity contribution is 5.78. The van der Waals surface area contributed by atoms with Gasteiger partial charge in [-0.15, -0.1) is 0 Å². The number of rotatable bonds is 10. The van der Waals surface area contributed by atoms with E-state index in [2.05, 4.69) is 40.8 Å². The van der Waals surface area contributed by atoms with Gasteiger partial charge in [0.05, 0.1) is 24.2 Å². The number of imidazole rings is 1. The van der Waals surface area contributed by atoms with Crippen LogP contribution in [-0.4, -0.2) is 35.8 Å². The molecule has 29 heavy (non-hydrogen) atoms. The second kappa shape index (κ2) is 10.1. The van der Waals surface area contributed by atoms with Crippen molar-refractivity contribution in [2.45, 2.75) is 39.3 Å². The largest absolute Gasteiger partial charge is 0.493 e. The molecule has 0 aliphatic carbocycles. The molecule has 3 aromatic rings. The monoisotopic (exact) mass is 395 g/mol. The Morgan fingerprint density at radius 2 is 1.90 bits per heavy atom. The van der Waals surface area contributed by atoms with Crippen LogP contribution in [0.15, 0.2) is 48.5 Å². The highest BCUT2D eigenvalue weighted by atomic mass is 16.5. The quantitative estimate of drug-likeness (QED) is 0.529. The fourth-order valence-corrected chi connectivity index (χ4v) is 3.36. The van der Waals surface area contributed by atoms with Gasteiger partial charge in [0.2, 0.25) is 5.91 Å². The smallest absolute Gasteiger partial charge is 0.246 e. The van der Waals surface area contributed by atoms with E-state index in [1.54, 1.807) is 0 Å². The maximum atomic E-state index is 11.8. The van der Waals surface area contributed by atoms with Crippen molar-refractivity contribution in [3.05, 3.63) is 59.9 Å². The van der Waals surface area contributed by atoms with Crippen LogP contribution in [0.3, 0.4) is 0 Å². The molecule has 3 rings (SSSR count). The lowest BCUT2D eigenvalue weighted by Gasteiger charge is -2.14. The van der Waals surface area contributed by atoms with Crippen molar-refractivity contribution in [2.24, 2.45) is 0 Å². The number of hydrogen-bond acceptors (Lipinski definition) is 4. The molecule has 0 fully saturated rings. The molecule has 0 unspecified atom stereocenters. The molecule has 0 saturated heterocycles. The summed E-state index contributed by atoms with van der Waals surface area (Å²) in [6.07, 6.45) is 0.839. The lowest BCUT2D eigenvalue weighted by molar-refractivity contribution is -0.124. The number of hydrogen-bond donors (Lipinski definition) is 1. The molecule has 6 heteroatoms. The average molecular weight is 396 g/mol. The van der Waals surface area contributed by atoms with E-state index in [0.29, 0.717) is 19.1 Å². The van der Waals surface area contributed by atoms with E-state index in [1.165, 1.54) is 12.7 Å². The highest BCUT2D eigenvalue weighted by Gasteiger charge is 2.12. The van der Waals surface area contributed by atoms with E-state index in [4.69, 9.17) is 9.47 Å². The number of para-hydroxylation sites is 3. The molecule has 0 spiro atoms. The second-order valence-corrected chi connectivity index (χ2v) is 7.27. The first kappa shape index (κ1) is 20.9. The third kappa shape index (κ3) is 5.35. The summed E-state index contributed by atoms with van der Waals surface area (Å²) in [6.45, 7) is 6.14. The molecule has 1 heterocycles. The zero-order chi connectivity index (χ0) is 20.6. The summed E-state index contributed by atoms with van der Waals surface area (Å²) >= 11 is 0. The maximum Gasteiger partial charge on any atom is 0.246 e. The normalized spacial score (nSPS) is 11.2. The standard InChI is InChI=1S/C23H29N3O3/c1-17(2)18-9-4-7-12-21(18)29-14-8-13-26-20-11-6-5-10-19(20)25-22(26)15-24-23(27)16-28-3/h4-7,9-12,17H,8,13-16H2,1-3H3,(H,24,27). The van der Waals surface area contributed by atoms with Crippen LogP contribution >= 0.6 is 0 Å². The molecule has 154 valence electrons. The number of aromatic nitrogens is 2. The van der Waals surface area contributed by atoms with E-state index in [9.17, 15) is 4.79 Å².